The maximum Gasteiger partial charge on any atom is 0.451 e. The number of aromatic nitrogens is 2. The van der Waals surface area contributed by atoms with Gasteiger partial charge in [-0.05, 0) is 18.1 Å². The molecule has 3 rings (SSSR count). The molecule has 140 valence electrons. The van der Waals surface area contributed by atoms with Gasteiger partial charge < -0.3 is 9.80 Å². The Balaban J connectivity index is 1.86. The van der Waals surface area contributed by atoms with Crippen LogP contribution in [0, 0.1) is 5.92 Å². The van der Waals surface area contributed by atoms with Gasteiger partial charge in [-0.25, -0.2) is 9.97 Å². The average Bonchev–Trinajstić information content (AvgIpc) is 2.59. The van der Waals surface area contributed by atoms with Crippen LogP contribution in [0.3, 0.4) is 0 Å². The lowest BCUT2D eigenvalue weighted by Gasteiger charge is -2.36. The molecule has 5 nitrogen and oxygen atoms in total. The maximum absolute atomic E-state index is 13.2. The second kappa shape index (κ2) is 7.09. The lowest BCUT2D eigenvalue weighted by Crippen LogP contribution is -2.49. The fourth-order valence-corrected chi connectivity index (χ4v) is 3.07. The predicted octanol–water partition coefficient (Wildman–Crippen LogP) is 3.34. The summed E-state index contributed by atoms with van der Waals surface area (Å²) < 4.78 is 39.5. The number of carbonyl (C=O) groups excluding carboxylic acids is 1. The number of fused-ring (bicyclic) bond motifs is 1. The van der Waals surface area contributed by atoms with Crippen molar-refractivity contribution < 1.29 is 18.0 Å². The number of rotatable bonds is 3. The SMILES string of the molecule is CC(C)CC(=O)N1CCN(c2nc(C(F)(F)F)nc3ccccc23)CC1. The summed E-state index contributed by atoms with van der Waals surface area (Å²) in [5.74, 6) is -0.493. The highest BCUT2D eigenvalue weighted by Gasteiger charge is 2.36. The first kappa shape index (κ1) is 18.4. The molecule has 26 heavy (non-hydrogen) atoms. The monoisotopic (exact) mass is 366 g/mol. The van der Waals surface area contributed by atoms with E-state index in [1.807, 2.05) is 13.8 Å². The largest absolute Gasteiger partial charge is 0.451 e. The van der Waals surface area contributed by atoms with Crippen molar-refractivity contribution in [1.29, 1.82) is 0 Å². The Morgan fingerprint density at radius 2 is 1.77 bits per heavy atom. The first-order valence-corrected chi connectivity index (χ1v) is 8.62. The van der Waals surface area contributed by atoms with E-state index in [9.17, 15) is 18.0 Å². The van der Waals surface area contributed by atoms with E-state index in [2.05, 4.69) is 9.97 Å². The van der Waals surface area contributed by atoms with Crippen LogP contribution in [0.4, 0.5) is 19.0 Å². The minimum Gasteiger partial charge on any atom is -0.352 e. The minimum atomic E-state index is -4.60. The van der Waals surface area contributed by atoms with E-state index >= 15 is 0 Å². The third kappa shape index (κ3) is 3.89. The Bertz CT molecular complexity index is 799. The second-order valence-electron chi connectivity index (χ2n) is 6.85. The quantitative estimate of drug-likeness (QED) is 0.836. The van der Waals surface area contributed by atoms with Crippen molar-refractivity contribution in [3.05, 3.63) is 30.1 Å². The van der Waals surface area contributed by atoms with Gasteiger partial charge >= 0.3 is 6.18 Å². The molecule has 0 bridgehead atoms. The average molecular weight is 366 g/mol. The Morgan fingerprint density at radius 1 is 1.12 bits per heavy atom. The molecule has 0 spiro atoms. The van der Waals surface area contributed by atoms with Gasteiger partial charge in [-0.1, -0.05) is 26.0 Å². The van der Waals surface area contributed by atoms with Crippen molar-refractivity contribution >= 4 is 22.6 Å². The summed E-state index contributed by atoms with van der Waals surface area (Å²) in [5, 5.41) is 0.586. The first-order chi connectivity index (χ1) is 12.3. The second-order valence-corrected chi connectivity index (χ2v) is 6.85. The van der Waals surface area contributed by atoms with Crippen molar-refractivity contribution in [2.45, 2.75) is 26.4 Å². The topological polar surface area (TPSA) is 49.3 Å². The number of halogens is 3. The van der Waals surface area contributed by atoms with E-state index in [1.165, 1.54) is 0 Å². The van der Waals surface area contributed by atoms with Crippen LogP contribution in [-0.2, 0) is 11.0 Å². The molecule has 1 saturated heterocycles. The van der Waals surface area contributed by atoms with Gasteiger partial charge in [0.05, 0.1) is 5.52 Å². The van der Waals surface area contributed by atoms with Gasteiger partial charge in [-0.2, -0.15) is 13.2 Å². The van der Waals surface area contributed by atoms with Crippen LogP contribution in [-0.4, -0.2) is 47.0 Å². The molecular weight excluding hydrogens is 345 g/mol. The molecule has 1 aromatic heterocycles. The molecule has 2 aromatic rings. The van der Waals surface area contributed by atoms with Gasteiger partial charge in [0.15, 0.2) is 0 Å². The van der Waals surface area contributed by atoms with Crippen LogP contribution in [0.25, 0.3) is 10.9 Å². The zero-order valence-electron chi connectivity index (χ0n) is 14.8. The van der Waals surface area contributed by atoms with Gasteiger partial charge in [0.1, 0.15) is 5.82 Å². The molecule has 0 aliphatic carbocycles. The van der Waals surface area contributed by atoms with Crippen molar-refractivity contribution in [1.82, 2.24) is 14.9 Å². The van der Waals surface area contributed by atoms with Crippen molar-refractivity contribution in [3.8, 4) is 0 Å². The van der Waals surface area contributed by atoms with Crippen LogP contribution in [0.5, 0.6) is 0 Å². The summed E-state index contributed by atoms with van der Waals surface area (Å²) in [6.07, 6.45) is -4.12. The molecule has 1 aliphatic heterocycles. The Kier molecular flexibility index (Phi) is 5.02. The fraction of sp³-hybridized carbons (Fsp3) is 0.500. The van der Waals surface area contributed by atoms with E-state index in [0.717, 1.165) is 0 Å². The molecule has 1 amide bonds. The van der Waals surface area contributed by atoms with Crippen molar-refractivity contribution in [3.63, 3.8) is 0 Å². The molecule has 1 aliphatic rings. The molecule has 0 atom stereocenters. The van der Waals surface area contributed by atoms with E-state index in [4.69, 9.17) is 0 Å². The molecule has 0 N–H and O–H groups in total. The molecule has 2 heterocycles. The van der Waals surface area contributed by atoms with E-state index in [0.29, 0.717) is 38.0 Å². The number of nitrogens with zero attached hydrogens (tertiary/aromatic N) is 4. The van der Waals surface area contributed by atoms with E-state index in [1.54, 1.807) is 34.1 Å². The van der Waals surface area contributed by atoms with Gasteiger partial charge in [-0.3, -0.25) is 4.79 Å². The standard InChI is InChI=1S/C18H21F3N4O/c1-12(2)11-15(26)24-7-9-25(10-8-24)16-13-5-3-4-6-14(13)22-17(23-16)18(19,20)21/h3-6,12H,7-11H2,1-2H3. The van der Waals surface area contributed by atoms with Gasteiger partial charge in [0, 0.05) is 38.0 Å². The summed E-state index contributed by atoms with van der Waals surface area (Å²) in [7, 11) is 0. The van der Waals surface area contributed by atoms with Crippen LogP contribution < -0.4 is 4.90 Å². The normalized spacial score (nSPS) is 15.8. The van der Waals surface area contributed by atoms with Gasteiger partial charge in [0.2, 0.25) is 11.7 Å². The summed E-state index contributed by atoms with van der Waals surface area (Å²) in [6, 6.07) is 6.69. The number of piperazine rings is 1. The minimum absolute atomic E-state index is 0.0863. The fourth-order valence-electron chi connectivity index (χ4n) is 3.07. The highest BCUT2D eigenvalue weighted by Crippen LogP contribution is 2.32. The number of carbonyl (C=O) groups is 1. The van der Waals surface area contributed by atoms with Crippen LogP contribution in [0.1, 0.15) is 26.1 Å². The Labute approximate surface area is 149 Å². The predicted molar refractivity (Wildman–Crippen MR) is 92.8 cm³/mol. The van der Waals surface area contributed by atoms with E-state index in [-0.39, 0.29) is 23.2 Å². The van der Waals surface area contributed by atoms with Crippen LogP contribution in [0.2, 0.25) is 0 Å². The lowest BCUT2D eigenvalue weighted by molar-refractivity contribution is -0.144. The number of para-hydroxylation sites is 1. The van der Waals surface area contributed by atoms with Crippen molar-refractivity contribution in [2.75, 3.05) is 31.1 Å². The van der Waals surface area contributed by atoms with E-state index < -0.39 is 12.0 Å². The summed E-state index contributed by atoms with van der Waals surface area (Å²) in [5.41, 5.74) is 0.267. The van der Waals surface area contributed by atoms with Crippen molar-refractivity contribution in [2.24, 2.45) is 5.92 Å². The Morgan fingerprint density at radius 3 is 2.38 bits per heavy atom. The third-order valence-electron chi connectivity index (χ3n) is 4.35. The molecule has 0 radical (unpaired) electrons. The zero-order valence-corrected chi connectivity index (χ0v) is 14.8. The number of benzene rings is 1. The number of hydrogen-bond acceptors (Lipinski definition) is 4. The molecule has 1 aromatic carbocycles. The first-order valence-electron chi connectivity index (χ1n) is 8.62. The molecule has 1 fully saturated rings. The van der Waals surface area contributed by atoms with Gasteiger partial charge in [-0.15, -0.1) is 0 Å². The third-order valence-corrected chi connectivity index (χ3v) is 4.35. The molecule has 0 unspecified atom stereocenters. The molecular formula is C18H21F3N4O. The number of hydrogen-bond donors (Lipinski definition) is 0. The highest BCUT2D eigenvalue weighted by atomic mass is 19.4. The highest BCUT2D eigenvalue weighted by molar-refractivity contribution is 5.89. The summed E-state index contributed by atoms with van der Waals surface area (Å²) in [6.45, 7) is 5.82. The van der Waals surface area contributed by atoms with Gasteiger partial charge in [0.25, 0.3) is 0 Å². The summed E-state index contributed by atoms with van der Waals surface area (Å²) >= 11 is 0. The number of alkyl halides is 3. The zero-order chi connectivity index (χ0) is 18.9. The smallest absolute Gasteiger partial charge is 0.352 e. The van der Waals surface area contributed by atoms with Crippen LogP contribution in [0.15, 0.2) is 24.3 Å². The summed E-state index contributed by atoms with van der Waals surface area (Å²) in [4.78, 5) is 23.2. The maximum atomic E-state index is 13.2. The molecule has 0 saturated carbocycles. The van der Waals surface area contributed by atoms with Crippen LogP contribution >= 0.6 is 0 Å². The Hall–Kier alpha value is -2.38. The number of amides is 1. The lowest BCUT2D eigenvalue weighted by atomic mass is 10.1. The molecule has 8 heteroatoms. The number of anilines is 1.